The lowest BCUT2D eigenvalue weighted by Crippen LogP contribution is -2.52. The van der Waals surface area contributed by atoms with Crippen molar-refractivity contribution in [2.75, 3.05) is 45.8 Å². The highest BCUT2D eigenvalue weighted by Gasteiger charge is 2.34. The average Bonchev–Trinajstić information content (AvgIpc) is 3.13. The second-order valence-electron chi connectivity index (χ2n) is 5.69. The van der Waals surface area contributed by atoms with Crippen molar-refractivity contribution in [2.24, 2.45) is 5.92 Å². The standard InChI is InChI=1S/C13H24F3N3/c1-2-17-12(11-3-4-11)9-18-5-7-19(8-6-18)10-13(14,15)16/h11-12,17H,2-10H2,1H3. The van der Waals surface area contributed by atoms with Gasteiger partial charge in [-0.15, -0.1) is 0 Å². The molecule has 0 aromatic carbocycles. The molecule has 1 heterocycles. The van der Waals surface area contributed by atoms with Gasteiger partial charge in [-0.2, -0.15) is 13.2 Å². The number of hydrogen-bond donors (Lipinski definition) is 1. The van der Waals surface area contributed by atoms with Crippen LogP contribution in [0, 0.1) is 5.92 Å². The Morgan fingerprint density at radius 3 is 2.16 bits per heavy atom. The molecule has 1 N–H and O–H groups in total. The molecule has 6 heteroatoms. The molecule has 1 saturated carbocycles. The third kappa shape index (κ3) is 5.28. The summed E-state index contributed by atoms with van der Waals surface area (Å²) in [6, 6.07) is 0.527. The lowest BCUT2D eigenvalue weighted by molar-refractivity contribution is -0.149. The summed E-state index contributed by atoms with van der Waals surface area (Å²) in [5, 5.41) is 3.51. The molecule has 1 aliphatic heterocycles. The van der Waals surface area contributed by atoms with E-state index >= 15 is 0 Å². The molecule has 0 amide bonds. The second kappa shape index (κ2) is 6.41. The zero-order chi connectivity index (χ0) is 13.9. The van der Waals surface area contributed by atoms with Crippen LogP contribution < -0.4 is 5.32 Å². The van der Waals surface area contributed by atoms with Crippen molar-refractivity contribution < 1.29 is 13.2 Å². The van der Waals surface area contributed by atoms with Crippen molar-refractivity contribution in [1.82, 2.24) is 15.1 Å². The number of hydrogen-bond acceptors (Lipinski definition) is 3. The van der Waals surface area contributed by atoms with E-state index in [2.05, 4.69) is 17.1 Å². The van der Waals surface area contributed by atoms with Gasteiger partial charge < -0.3 is 5.32 Å². The van der Waals surface area contributed by atoms with Gasteiger partial charge in [-0.25, -0.2) is 0 Å². The minimum absolute atomic E-state index is 0.527. The summed E-state index contributed by atoms with van der Waals surface area (Å²) >= 11 is 0. The van der Waals surface area contributed by atoms with Gasteiger partial charge >= 0.3 is 6.18 Å². The van der Waals surface area contributed by atoms with E-state index in [1.807, 2.05) is 0 Å². The summed E-state index contributed by atoms with van der Waals surface area (Å²) in [5.41, 5.74) is 0. The maximum Gasteiger partial charge on any atom is 0.401 e. The van der Waals surface area contributed by atoms with E-state index in [9.17, 15) is 13.2 Å². The fourth-order valence-corrected chi connectivity index (χ4v) is 2.80. The van der Waals surface area contributed by atoms with Gasteiger partial charge in [-0.3, -0.25) is 9.80 Å². The van der Waals surface area contributed by atoms with Gasteiger partial charge in [0.1, 0.15) is 0 Å². The fourth-order valence-electron chi connectivity index (χ4n) is 2.80. The van der Waals surface area contributed by atoms with Crippen LogP contribution in [0.1, 0.15) is 19.8 Å². The predicted octanol–water partition coefficient (Wildman–Crippen LogP) is 1.55. The van der Waals surface area contributed by atoms with E-state index in [-0.39, 0.29) is 0 Å². The Kier molecular flexibility index (Phi) is 5.09. The van der Waals surface area contributed by atoms with Crippen LogP contribution >= 0.6 is 0 Å². The molecule has 1 atom stereocenters. The zero-order valence-corrected chi connectivity index (χ0v) is 11.5. The van der Waals surface area contributed by atoms with Crippen LogP contribution in [0.3, 0.4) is 0 Å². The molecule has 1 aliphatic carbocycles. The first-order valence-corrected chi connectivity index (χ1v) is 7.23. The Morgan fingerprint density at radius 1 is 1.11 bits per heavy atom. The third-order valence-corrected chi connectivity index (χ3v) is 3.98. The Labute approximate surface area is 113 Å². The van der Waals surface area contributed by atoms with Gasteiger partial charge in [0.05, 0.1) is 6.54 Å². The summed E-state index contributed by atoms with van der Waals surface area (Å²) < 4.78 is 36.9. The summed E-state index contributed by atoms with van der Waals surface area (Å²) in [7, 11) is 0. The minimum atomic E-state index is -4.07. The third-order valence-electron chi connectivity index (χ3n) is 3.98. The Bertz CT molecular complexity index is 271. The summed E-state index contributed by atoms with van der Waals surface area (Å²) in [6.07, 6.45) is -1.47. The number of rotatable bonds is 6. The summed E-state index contributed by atoms with van der Waals surface area (Å²) in [6.45, 7) is 5.87. The van der Waals surface area contributed by atoms with Crippen LogP contribution in [0.25, 0.3) is 0 Å². The number of nitrogens with zero attached hydrogens (tertiary/aromatic N) is 2. The van der Waals surface area contributed by atoms with E-state index in [1.165, 1.54) is 17.7 Å². The van der Waals surface area contributed by atoms with E-state index in [0.29, 0.717) is 19.1 Å². The van der Waals surface area contributed by atoms with Gasteiger partial charge in [-0.1, -0.05) is 6.92 Å². The predicted molar refractivity (Wildman–Crippen MR) is 69.1 cm³/mol. The van der Waals surface area contributed by atoms with Gasteiger partial charge in [-0.05, 0) is 25.3 Å². The molecule has 1 saturated heterocycles. The number of likely N-dealkylation sites (N-methyl/N-ethyl adjacent to an activating group) is 1. The van der Waals surface area contributed by atoms with Crippen molar-refractivity contribution in [1.29, 1.82) is 0 Å². The Morgan fingerprint density at radius 2 is 1.68 bits per heavy atom. The van der Waals surface area contributed by atoms with Crippen molar-refractivity contribution in [3.05, 3.63) is 0 Å². The minimum Gasteiger partial charge on any atom is -0.313 e. The monoisotopic (exact) mass is 279 g/mol. The van der Waals surface area contributed by atoms with Gasteiger partial charge in [0.2, 0.25) is 0 Å². The summed E-state index contributed by atoms with van der Waals surface area (Å²) in [5.74, 6) is 0.785. The molecule has 3 nitrogen and oxygen atoms in total. The van der Waals surface area contributed by atoms with E-state index in [1.54, 1.807) is 0 Å². The first-order valence-electron chi connectivity index (χ1n) is 7.23. The SMILES string of the molecule is CCNC(CN1CCN(CC(F)(F)F)CC1)C1CC1. The molecule has 2 aliphatic rings. The molecule has 0 spiro atoms. The van der Waals surface area contributed by atoms with Crippen LogP contribution in [-0.2, 0) is 0 Å². The highest BCUT2D eigenvalue weighted by Crippen LogP contribution is 2.33. The molecular formula is C13H24F3N3. The molecule has 112 valence electrons. The van der Waals surface area contributed by atoms with Crippen LogP contribution in [0.5, 0.6) is 0 Å². The number of alkyl halides is 3. The lowest BCUT2D eigenvalue weighted by Gasteiger charge is -2.36. The highest BCUT2D eigenvalue weighted by atomic mass is 19.4. The largest absolute Gasteiger partial charge is 0.401 e. The average molecular weight is 279 g/mol. The van der Waals surface area contributed by atoms with Crippen LogP contribution in [-0.4, -0.2) is 67.8 Å². The smallest absolute Gasteiger partial charge is 0.313 e. The molecule has 2 fully saturated rings. The van der Waals surface area contributed by atoms with Crippen molar-refractivity contribution >= 4 is 0 Å². The summed E-state index contributed by atoms with van der Waals surface area (Å²) in [4.78, 5) is 3.81. The first kappa shape index (κ1) is 15.1. The topological polar surface area (TPSA) is 18.5 Å². The zero-order valence-electron chi connectivity index (χ0n) is 11.5. The fraction of sp³-hybridized carbons (Fsp3) is 1.00. The molecule has 1 unspecified atom stereocenters. The highest BCUT2D eigenvalue weighted by molar-refractivity contribution is 4.89. The number of nitrogens with one attached hydrogen (secondary N) is 1. The second-order valence-corrected chi connectivity index (χ2v) is 5.69. The molecule has 2 rings (SSSR count). The van der Waals surface area contributed by atoms with Gasteiger partial charge in [0.15, 0.2) is 0 Å². The molecule has 19 heavy (non-hydrogen) atoms. The molecular weight excluding hydrogens is 255 g/mol. The van der Waals surface area contributed by atoms with E-state index < -0.39 is 12.7 Å². The van der Waals surface area contributed by atoms with E-state index in [0.717, 1.165) is 32.1 Å². The number of piperazine rings is 1. The molecule has 0 aromatic rings. The molecule has 0 radical (unpaired) electrons. The lowest BCUT2D eigenvalue weighted by atomic mass is 10.1. The van der Waals surface area contributed by atoms with Crippen molar-refractivity contribution in [3.63, 3.8) is 0 Å². The first-order chi connectivity index (χ1) is 8.98. The maximum atomic E-state index is 12.3. The molecule has 0 bridgehead atoms. The molecule has 0 aromatic heterocycles. The quantitative estimate of drug-likeness (QED) is 0.796. The van der Waals surface area contributed by atoms with Crippen LogP contribution in [0.2, 0.25) is 0 Å². The van der Waals surface area contributed by atoms with Gasteiger partial charge in [0, 0.05) is 38.8 Å². The normalized spacial score (nSPS) is 24.6. The Hall–Kier alpha value is -0.330. The van der Waals surface area contributed by atoms with Crippen molar-refractivity contribution in [3.8, 4) is 0 Å². The Balaban J connectivity index is 1.70. The van der Waals surface area contributed by atoms with Crippen molar-refractivity contribution in [2.45, 2.75) is 32.0 Å². The maximum absolute atomic E-state index is 12.3. The van der Waals surface area contributed by atoms with Gasteiger partial charge in [0.25, 0.3) is 0 Å². The van der Waals surface area contributed by atoms with E-state index in [4.69, 9.17) is 0 Å². The number of halogens is 3. The van der Waals surface area contributed by atoms with Crippen LogP contribution in [0.15, 0.2) is 0 Å². The van der Waals surface area contributed by atoms with Crippen LogP contribution in [0.4, 0.5) is 13.2 Å².